The molecule has 2 nitrogen and oxygen atoms in total. The Morgan fingerprint density at radius 3 is 2.27 bits per heavy atom. The highest BCUT2D eigenvalue weighted by molar-refractivity contribution is 5.46. The van der Waals surface area contributed by atoms with Gasteiger partial charge in [-0.3, -0.25) is 0 Å². The maximum Gasteiger partial charge on any atom is 0.0361 e. The first kappa shape index (κ1) is 12.1. The molecule has 84 valence electrons. The zero-order valence-corrected chi connectivity index (χ0v) is 10.2. The van der Waals surface area contributed by atoms with Crippen molar-refractivity contribution in [1.82, 2.24) is 5.32 Å². The van der Waals surface area contributed by atoms with Gasteiger partial charge in [0.15, 0.2) is 0 Å². The van der Waals surface area contributed by atoms with Crippen LogP contribution in [0, 0.1) is 0 Å². The van der Waals surface area contributed by atoms with Gasteiger partial charge in [-0.15, -0.1) is 0 Å². The summed E-state index contributed by atoms with van der Waals surface area (Å²) in [7, 11) is 4.13. The highest BCUT2D eigenvalue weighted by Crippen LogP contribution is 2.18. The normalized spacial score (nSPS) is 12.5. The van der Waals surface area contributed by atoms with Crippen LogP contribution in [0.1, 0.15) is 25.3 Å². The van der Waals surface area contributed by atoms with Gasteiger partial charge in [0.1, 0.15) is 0 Å². The number of anilines is 1. The Balaban J connectivity index is 2.62. The van der Waals surface area contributed by atoms with Crippen molar-refractivity contribution in [2.75, 3.05) is 32.1 Å². The van der Waals surface area contributed by atoms with Gasteiger partial charge in [-0.2, -0.15) is 0 Å². The van der Waals surface area contributed by atoms with E-state index in [1.807, 2.05) is 0 Å². The van der Waals surface area contributed by atoms with E-state index >= 15 is 0 Å². The molecule has 1 rings (SSSR count). The number of hydrogen-bond acceptors (Lipinski definition) is 2. The van der Waals surface area contributed by atoms with Gasteiger partial charge in [-0.05, 0) is 30.2 Å². The van der Waals surface area contributed by atoms with Gasteiger partial charge in [0.25, 0.3) is 0 Å². The van der Waals surface area contributed by atoms with Crippen molar-refractivity contribution < 1.29 is 0 Å². The van der Waals surface area contributed by atoms with Crippen LogP contribution < -0.4 is 10.2 Å². The molecule has 1 unspecified atom stereocenters. The molecule has 1 atom stereocenters. The summed E-state index contributed by atoms with van der Waals surface area (Å²) in [5.74, 6) is 0.584. The molecule has 15 heavy (non-hydrogen) atoms. The van der Waals surface area contributed by atoms with E-state index in [0.717, 1.165) is 13.1 Å². The molecule has 0 heterocycles. The second-order valence-electron chi connectivity index (χ2n) is 4.19. The van der Waals surface area contributed by atoms with Crippen LogP contribution in [-0.2, 0) is 0 Å². The Labute approximate surface area is 93.3 Å². The first-order valence-corrected chi connectivity index (χ1v) is 5.63. The highest BCUT2D eigenvalue weighted by atomic mass is 15.1. The lowest BCUT2D eigenvalue weighted by molar-refractivity contribution is 0.635. The van der Waals surface area contributed by atoms with Crippen LogP contribution in [0.15, 0.2) is 24.3 Å². The molecule has 0 spiro atoms. The Morgan fingerprint density at radius 2 is 1.80 bits per heavy atom. The van der Waals surface area contributed by atoms with Crippen molar-refractivity contribution in [3.63, 3.8) is 0 Å². The van der Waals surface area contributed by atoms with E-state index in [1.165, 1.54) is 11.3 Å². The minimum Gasteiger partial charge on any atom is -0.378 e. The molecule has 0 fully saturated rings. The van der Waals surface area contributed by atoms with Crippen molar-refractivity contribution in [2.24, 2.45) is 0 Å². The third-order valence-corrected chi connectivity index (χ3v) is 2.68. The molecule has 0 aromatic heterocycles. The molecule has 0 saturated carbocycles. The lowest BCUT2D eigenvalue weighted by atomic mass is 10.0. The molecule has 0 radical (unpaired) electrons. The third kappa shape index (κ3) is 3.56. The van der Waals surface area contributed by atoms with Crippen LogP contribution in [0.25, 0.3) is 0 Å². The van der Waals surface area contributed by atoms with E-state index in [1.54, 1.807) is 0 Å². The van der Waals surface area contributed by atoms with Crippen LogP contribution in [-0.4, -0.2) is 27.2 Å². The van der Waals surface area contributed by atoms with Crippen LogP contribution in [0.2, 0.25) is 0 Å². The fourth-order valence-electron chi connectivity index (χ4n) is 1.58. The van der Waals surface area contributed by atoms with Crippen LogP contribution in [0.5, 0.6) is 0 Å². The summed E-state index contributed by atoms with van der Waals surface area (Å²) < 4.78 is 0. The number of nitrogens with zero attached hydrogens (tertiary/aromatic N) is 1. The van der Waals surface area contributed by atoms with E-state index in [9.17, 15) is 0 Å². The zero-order chi connectivity index (χ0) is 11.3. The second kappa shape index (κ2) is 5.76. The Hall–Kier alpha value is -1.02. The van der Waals surface area contributed by atoms with Gasteiger partial charge in [0, 0.05) is 26.3 Å². The maximum atomic E-state index is 3.37. The average Bonchev–Trinajstić information content (AvgIpc) is 2.26. The Bertz CT molecular complexity index is 277. The summed E-state index contributed by atoms with van der Waals surface area (Å²) >= 11 is 0. The van der Waals surface area contributed by atoms with E-state index in [4.69, 9.17) is 0 Å². The Morgan fingerprint density at radius 1 is 1.20 bits per heavy atom. The fraction of sp³-hybridized carbons (Fsp3) is 0.538. The standard InChI is InChI=1S/C13H22N2/c1-5-14-10-11(2)12-6-8-13(9-7-12)15(3)4/h6-9,11,14H,5,10H2,1-4H3. The van der Waals surface area contributed by atoms with E-state index in [2.05, 4.69) is 62.4 Å². The molecule has 0 aliphatic carbocycles. The number of benzene rings is 1. The largest absolute Gasteiger partial charge is 0.378 e. The van der Waals surface area contributed by atoms with Crippen LogP contribution in [0.3, 0.4) is 0 Å². The molecule has 0 amide bonds. The summed E-state index contributed by atoms with van der Waals surface area (Å²) in [6.45, 7) is 6.49. The van der Waals surface area contributed by atoms with Crippen LogP contribution >= 0.6 is 0 Å². The minimum absolute atomic E-state index is 0.584. The topological polar surface area (TPSA) is 15.3 Å². The number of hydrogen-bond donors (Lipinski definition) is 1. The zero-order valence-electron chi connectivity index (χ0n) is 10.2. The molecule has 1 aromatic rings. The maximum absolute atomic E-state index is 3.37. The van der Waals surface area contributed by atoms with Gasteiger partial charge in [-0.25, -0.2) is 0 Å². The first-order valence-electron chi connectivity index (χ1n) is 5.63. The molecule has 2 heteroatoms. The average molecular weight is 206 g/mol. The van der Waals surface area contributed by atoms with E-state index in [0.29, 0.717) is 5.92 Å². The second-order valence-corrected chi connectivity index (χ2v) is 4.19. The summed E-state index contributed by atoms with van der Waals surface area (Å²) in [6, 6.07) is 8.80. The van der Waals surface area contributed by atoms with Crippen molar-refractivity contribution in [2.45, 2.75) is 19.8 Å². The molecule has 0 bridgehead atoms. The van der Waals surface area contributed by atoms with Gasteiger partial charge in [0.05, 0.1) is 0 Å². The summed E-state index contributed by atoms with van der Waals surface area (Å²) in [5, 5.41) is 3.37. The fourth-order valence-corrected chi connectivity index (χ4v) is 1.58. The molecular formula is C13H22N2. The lowest BCUT2D eigenvalue weighted by Crippen LogP contribution is -2.19. The molecule has 1 N–H and O–H groups in total. The molecule has 0 aliphatic rings. The van der Waals surface area contributed by atoms with Crippen LogP contribution in [0.4, 0.5) is 5.69 Å². The van der Waals surface area contributed by atoms with Crippen molar-refractivity contribution >= 4 is 5.69 Å². The molecule has 1 aromatic carbocycles. The smallest absolute Gasteiger partial charge is 0.0361 e. The number of nitrogens with one attached hydrogen (secondary N) is 1. The molecular weight excluding hydrogens is 184 g/mol. The Kier molecular flexibility index (Phi) is 4.63. The van der Waals surface area contributed by atoms with Crippen molar-refractivity contribution in [3.8, 4) is 0 Å². The SMILES string of the molecule is CCNCC(C)c1ccc(N(C)C)cc1. The first-order chi connectivity index (χ1) is 7.15. The quantitative estimate of drug-likeness (QED) is 0.796. The highest BCUT2D eigenvalue weighted by Gasteiger charge is 2.04. The molecule has 0 aliphatic heterocycles. The van der Waals surface area contributed by atoms with Gasteiger partial charge < -0.3 is 10.2 Å². The third-order valence-electron chi connectivity index (χ3n) is 2.68. The minimum atomic E-state index is 0.584. The van der Waals surface area contributed by atoms with E-state index < -0.39 is 0 Å². The number of likely N-dealkylation sites (N-methyl/N-ethyl adjacent to an activating group) is 1. The summed E-state index contributed by atoms with van der Waals surface area (Å²) in [5.41, 5.74) is 2.66. The number of rotatable bonds is 5. The van der Waals surface area contributed by atoms with Gasteiger partial charge >= 0.3 is 0 Å². The lowest BCUT2D eigenvalue weighted by Gasteiger charge is -2.16. The van der Waals surface area contributed by atoms with Gasteiger partial charge in [0.2, 0.25) is 0 Å². The van der Waals surface area contributed by atoms with Gasteiger partial charge in [-0.1, -0.05) is 26.0 Å². The van der Waals surface area contributed by atoms with Crippen molar-refractivity contribution in [1.29, 1.82) is 0 Å². The predicted octanol–water partition coefficient (Wildman–Crippen LogP) is 2.47. The van der Waals surface area contributed by atoms with E-state index in [-0.39, 0.29) is 0 Å². The predicted molar refractivity (Wildman–Crippen MR) is 67.7 cm³/mol. The summed E-state index contributed by atoms with van der Waals surface area (Å²) in [4.78, 5) is 2.12. The monoisotopic (exact) mass is 206 g/mol. The summed E-state index contributed by atoms with van der Waals surface area (Å²) in [6.07, 6.45) is 0. The molecule has 0 saturated heterocycles. The van der Waals surface area contributed by atoms with Crippen molar-refractivity contribution in [3.05, 3.63) is 29.8 Å².